The Balaban J connectivity index is 1.88. The zero-order valence-corrected chi connectivity index (χ0v) is 8.77. The first-order chi connectivity index (χ1) is 5.84. The van der Waals surface area contributed by atoms with Crippen LogP contribution < -0.4 is 4.74 Å². The van der Waals surface area contributed by atoms with Crippen molar-refractivity contribution in [3.05, 3.63) is 30.3 Å². The molecule has 1 heterocycles. The molecule has 1 aliphatic heterocycles. The van der Waals surface area contributed by atoms with E-state index >= 15 is 0 Å². The second-order valence-corrected chi connectivity index (χ2v) is 4.25. The number of para-hydroxylation sites is 1. The van der Waals surface area contributed by atoms with Crippen LogP contribution in [0, 0.1) is 0 Å². The molecule has 2 rings (SSSR count). The Kier molecular flexibility index (Phi) is 2.51. The third-order valence-corrected chi connectivity index (χ3v) is 2.64. The molecule has 64 valence electrons. The van der Waals surface area contributed by atoms with Gasteiger partial charge in [0.1, 0.15) is 11.9 Å². The van der Waals surface area contributed by atoms with Crippen LogP contribution in [-0.2, 0) is 0 Å². The van der Waals surface area contributed by atoms with E-state index in [1.807, 2.05) is 30.3 Å². The van der Waals surface area contributed by atoms with Gasteiger partial charge in [-0.3, -0.25) is 0 Å². The molecule has 3 heteroatoms. The van der Waals surface area contributed by atoms with E-state index in [9.17, 15) is 0 Å². The Morgan fingerprint density at radius 1 is 1.25 bits per heavy atom. The number of hydrogen-bond acceptors (Lipinski definition) is 2. The van der Waals surface area contributed by atoms with Crippen LogP contribution in [0.4, 0.5) is 0 Å². The molecule has 2 nitrogen and oxygen atoms in total. The van der Waals surface area contributed by atoms with E-state index in [-0.39, 0.29) is 0 Å². The highest BCUT2D eigenvalue weighted by atomic mass is 127. The first-order valence-electron chi connectivity index (χ1n) is 3.97. The topological polar surface area (TPSA) is 12.5 Å². The summed E-state index contributed by atoms with van der Waals surface area (Å²) in [7, 11) is 0. The van der Waals surface area contributed by atoms with Crippen LogP contribution in [0.2, 0.25) is 0 Å². The van der Waals surface area contributed by atoms with Gasteiger partial charge in [-0.15, -0.1) is 0 Å². The Bertz CT molecular complexity index is 246. The van der Waals surface area contributed by atoms with Crippen molar-refractivity contribution in [2.45, 2.75) is 6.10 Å². The summed E-state index contributed by atoms with van der Waals surface area (Å²) in [6.45, 7) is 2.07. The lowest BCUT2D eigenvalue weighted by molar-refractivity contribution is 0.0949. The summed E-state index contributed by atoms with van der Waals surface area (Å²) in [5, 5.41) is 0. The molecular formula is C9H10INO. The maximum Gasteiger partial charge on any atom is 0.126 e. The Labute approximate surface area is 86.0 Å². The highest BCUT2D eigenvalue weighted by Gasteiger charge is 2.25. The van der Waals surface area contributed by atoms with Crippen LogP contribution in [0.5, 0.6) is 5.75 Å². The molecule has 1 aromatic rings. The van der Waals surface area contributed by atoms with E-state index in [2.05, 4.69) is 26.0 Å². The second-order valence-electron chi connectivity index (χ2n) is 2.88. The lowest BCUT2D eigenvalue weighted by Crippen LogP contribution is -2.48. The lowest BCUT2D eigenvalue weighted by atomic mass is 10.2. The number of benzene rings is 1. The molecule has 0 bridgehead atoms. The highest BCUT2D eigenvalue weighted by Crippen LogP contribution is 2.19. The molecule has 0 radical (unpaired) electrons. The summed E-state index contributed by atoms with van der Waals surface area (Å²) in [5.74, 6) is 0.979. The molecule has 1 aromatic carbocycles. The summed E-state index contributed by atoms with van der Waals surface area (Å²) in [5.41, 5.74) is 0. The fourth-order valence-electron chi connectivity index (χ4n) is 1.15. The van der Waals surface area contributed by atoms with E-state index < -0.39 is 0 Å². The van der Waals surface area contributed by atoms with Gasteiger partial charge in [-0.1, -0.05) is 18.2 Å². The number of hydrogen-bond donors (Lipinski definition) is 0. The zero-order valence-electron chi connectivity index (χ0n) is 6.61. The molecule has 12 heavy (non-hydrogen) atoms. The lowest BCUT2D eigenvalue weighted by Gasteiger charge is -2.34. The quantitative estimate of drug-likeness (QED) is 0.605. The minimum atomic E-state index is 0.393. The van der Waals surface area contributed by atoms with Gasteiger partial charge in [0.15, 0.2) is 0 Å². The van der Waals surface area contributed by atoms with Crippen LogP contribution >= 0.6 is 22.9 Å². The third kappa shape index (κ3) is 1.90. The standard InChI is InChI=1S/C9H10INO/c10-11-6-9(7-11)12-8-4-2-1-3-5-8/h1-5,9H,6-7H2. The predicted molar refractivity (Wildman–Crippen MR) is 56.5 cm³/mol. The van der Waals surface area contributed by atoms with Crippen molar-refractivity contribution in [3.63, 3.8) is 0 Å². The van der Waals surface area contributed by atoms with Crippen molar-refractivity contribution in [1.82, 2.24) is 3.11 Å². The van der Waals surface area contributed by atoms with Crippen LogP contribution in [0.1, 0.15) is 0 Å². The summed E-state index contributed by atoms with van der Waals surface area (Å²) in [6.07, 6.45) is 0.393. The number of rotatable bonds is 2. The number of ether oxygens (including phenoxy) is 1. The van der Waals surface area contributed by atoms with E-state index in [0.29, 0.717) is 6.10 Å². The maximum absolute atomic E-state index is 5.67. The van der Waals surface area contributed by atoms with E-state index in [1.165, 1.54) is 0 Å². The van der Waals surface area contributed by atoms with Gasteiger partial charge in [0, 0.05) is 36.0 Å². The minimum Gasteiger partial charge on any atom is -0.488 e. The van der Waals surface area contributed by atoms with Gasteiger partial charge < -0.3 is 4.74 Å². The number of halogens is 1. The molecule has 0 aliphatic carbocycles. The Morgan fingerprint density at radius 2 is 1.92 bits per heavy atom. The molecule has 1 aliphatic rings. The predicted octanol–water partition coefficient (Wildman–Crippen LogP) is 2.10. The highest BCUT2D eigenvalue weighted by molar-refractivity contribution is 14.1. The van der Waals surface area contributed by atoms with Crippen LogP contribution in [0.25, 0.3) is 0 Å². The average Bonchev–Trinajstić information content (AvgIpc) is 2.04. The van der Waals surface area contributed by atoms with E-state index in [0.717, 1.165) is 18.8 Å². The number of nitrogens with zero attached hydrogens (tertiary/aromatic N) is 1. The molecule has 0 atom stereocenters. The van der Waals surface area contributed by atoms with Crippen molar-refractivity contribution in [3.8, 4) is 5.75 Å². The molecule has 0 N–H and O–H groups in total. The van der Waals surface area contributed by atoms with Crippen molar-refractivity contribution in [1.29, 1.82) is 0 Å². The normalized spacial score (nSPS) is 18.8. The first-order valence-corrected chi connectivity index (χ1v) is 4.93. The summed E-state index contributed by atoms with van der Waals surface area (Å²) in [6, 6.07) is 9.98. The van der Waals surface area contributed by atoms with Gasteiger partial charge in [0.2, 0.25) is 0 Å². The monoisotopic (exact) mass is 275 g/mol. The molecular weight excluding hydrogens is 265 g/mol. The summed E-state index contributed by atoms with van der Waals surface area (Å²) < 4.78 is 7.89. The van der Waals surface area contributed by atoms with Crippen molar-refractivity contribution in [2.75, 3.05) is 13.1 Å². The van der Waals surface area contributed by atoms with Gasteiger partial charge in [-0.05, 0) is 12.1 Å². The third-order valence-electron chi connectivity index (χ3n) is 1.85. The molecule has 1 saturated heterocycles. The second kappa shape index (κ2) is 3.62. The van der Waals surface area contributed by atoms with Gasteiger partial charge >= 0.3 is 0 Å². The first kappa shape index (κ1) is 8.31. The van der Waals surface area contributed by atoms with Gasteiger partial charge in [0.25, 0.3) is 0 Å². The smallest absolute Gasteiger partial charge is 0.126 e. The van der Waals surface area contributed by atoms with Gasteiger partial charge in [-0.2, -0.15) is 0 Å². The van der Waals surface area contributed by atoms with Crippen molar-refractivity contribution >= 4 is 22.9 Å². The summed E-state index contributed by atoms with van der Waals surface area (Å²) in [4.78, 5) is 0. The zero-order chi connectivity index (χ0) is 8.39. The molecule has 0 saturated carbocycles. The maximum atomic E-state index is 5.67. The fraction of sp³-hybridized carbons (Fsp3) is 0.333. The van der Waals surface area contributed by atoms with Crippen LogP contribution in [0.15, 0.2) is 30.3 Å². The molecule has 0 spiro atoms. The average molecular weight is 275 g/mol. The SMILES string of the molecule is IN1CC(Oc2ccccc2)C1. The van der Waals surface area contributed by atoms with Crippen LogP contribution in [-0.4, -0.2) is 22.3 Å². The molecule has 1 fully saturated rings. The van der Waals surface area contributed by atoms with Gasteiger partial charge in [-0.25, -0.2) is 3.11 Å². The summed E-state index contributed by atoms with van der Waals surface area (Å²) >= 11 is 2.30. The van der Waals surface area contributed by atoms with Crippen molar-refractivity contribution < 1.29 is 4.74 Å². The fourth-order valence-corrected chi connectivity index (χ4v) is 2.03. The van der Waals surface area contributed by atoms with Crippen molar-refractivity contribution in [2.24, 2.45) is 0 Å². The molecule has 0 unspecified atom stereocenters. The minimum absolute atomic E-state index is 0.393. The van der Waals surface area contributed by atoms with E-state index in [1.54, 1.807) is 0 Å². The Morgan fingerprint density at radius 3 is 2.50 bits per heavy atom. The Hall–Kier alpha value is -0.290. The molecule has 0 amide bonds. The van der Waals surface area contributed by atoms with E-state index in [4.69, 9.17) is 4.74 Å². The van der Waals surface area contributed by atoms with Crippen LogP contribution in [0.3, 0.4) is 0 Å². The van der Waals surface area contributed by atoms with Gasteiger partial charge in [0.05, 0.1) is 0 Å². The largest absolute Gasteiger partial charge is 0.488 e. The molecule has 0 aromatic heterocycles.